The number of rotatable bonds is 3. The molecule has 0 saturated carbocycles. The lowest BCUT2D eigenvalue weighted by atomic mass is 9.62. The number of aromatic carboxylic acids is 1. The minimum atomic E-state index is -0.985. The second kappa shape index (κ2) is 6.69. The van der Waals surface area contributed by atoms with E-state index >= 15 is 0 Å². The summed E-state index contributed by atoms with van der Waals surface area (Å²) < 4.78 is 0. The first kappa shape index (κ1) is 20.1. The van der Waals surface area contributed by atoms with Gasteiger partial charge < -0.3 is 10.2 Å². The molecule has 0 atom stereocenters. The fourth-order valence-corrected chi connectivity index (χ4v) is 4.46. The number of carboxylic acid groups (broad SMARTS) is 1. The third-order valence-electron chi connectivity index (χ3n) is 6.56. The Balaban J connectivity index is 1.80. The Morgan fingerprint density at radius 1 is 0.767 bits per heavy atom. The maximum Gasteiger partial charge on any atom is 0.335 e. The van der Waals surface area contributed by atoms with Crippen LogP contribution in [0, 0.1) is 0 Å². The fourth-order valence-electron chi connectivity index (χ4n) is 4.46. The van der Waals surface area contributed by atoms with Crippen LogP contribution in [0.15, 0.2) is 48.5 Å². The van der Waals surface area contributed by atoms with E-state index in [-0.39, 0.29) is 27.9 Å². The Morgan fingerprint density at radius 2 is 1.27 bits per heavy atom. The van der Waals surface area contributed by atoms with Crippen molar-refractivity contribution in [3.05, 3.63) is 76.3 Å². The minimum absolute atomic E-state index is 0.00541. The molecule has 0 heterocycles. The van der Waals surface area contributed by atoms with Crippen LogP contribution in [0.2, 0.25) is 0 Å². The van der Waals surface area contributed by atoms with Crippen molar-refractivity contribution in [2.75, 3.05) is 0 Å². The molecule has 0 unspecified atom stereocenters. The summed E-state index contributed by atoms with van der Waals surface area (Å²) in [5.41, 5.74) is 3.09. The van der Waals surface area contributed by atoms with E-state index in [9.17, 15) is 14.7 Å². The minimum Gasteiger partial charge on any atom is -0.507 e. The summed E-state index contributed by atoms with van der Waals surface area (Å²) in [5, 5.41) is 21.4. The maximum absolute atomic E-state index is 13.3. The summed E-state index contributed by atoms with van der Waals surface area (Å²) in [6, 6.07) is 13.6. The standard InChI is InChI=1S/C26H26O4/c1-25(2)9-10-26(3,4)21-14-22(27)19(13-20(21)25)23(28)17-7-5-16-12-18(24(29)30)8-6-15(16)11-17/h5-8,11-14,27H,9-10H2,1-4H3,(H,29,30). The van der Waals surface area contributed by atoms with Crippen molar-refractivity contribution in [1.82, 2.24) is 0 Å². The smallest absolute Gasteiger partial charge is 0.335 e. The van der Waals surface area contributed by atoms with E-state index in [1.165, 1.54) is 6.07 Å². The van der Waals surface area contributed by atoms with E-state index in [1.807, 2.05) is 6.07 Å². The largest absolute Gasteiger partial charge is 0.507 e. The van der Waals surface area contributed by atoms with Crippen LogP contribution in [-0.4, -0.2) is 22.0 Å². The van der Waals surface area contributed by atoms with Crippen molar-refractivity contribution in [3.63, 3.8) is 0 Å². The van der Waals surface area contributed by atoms with Crippen molar-refractivity contribution in [1.29, 1.82) is 0 Å². The first-order chi connectivity index (χ1) is 14.0. The zero-order valence-corrected chi connectivity index (χ0v) is 17.7. The lowest BCUT2D eigenvalue weighted by Gasteiger charge is -2.42. The second-order valence-corrected chi connectivity index (χ2v) is 9.59. The number of benzene rings is 3. The Morgan fingerprint density at radius 3 is 1.83 bits per heavy atom. The summed E-state index contributed by atoms with van der Waals surface area (Å²) in [4.78, 5) is 24.5. The van der Waals surface area contributed by atoms with E-state index in [4.69, 9.17) is 5.11 Å². The van der Waals surface area contributed by atoms with Crippen LogP contribution in [0.5, 0.6) is 5.75 Å². The molecule has 0 aromatic heterocycles. The Kier molecular flexibility index (Phi) is 4.50. The number of phenols is 1. The van der Waals surface area contributed by atoms with Crippen molar-refractivity contribution < 1.29 is 19.8 Å². The number of carboxylic acids is 1. The van der Waals surface area contributed by atoms with E-state index < -0.39 is 5.97 Å². The highest BCUT2D eigenvalue weighted by molar-refractivity contribution is 6.12. The molecular weight excluding hydrogens is 376 g/mol. The third-order valence-corrected chi connectivity index (χ3v) is 6.56. The van der Waals surface area contributed by atoms with Gasteiger partial charge in [-0.2, -0.15) is 0 Å². The van der Waals surface area contributed by atoms with Gasteiger partial charge in [0.25, 0.3) is 0 Å². The van der Waals surface area contributed by atoms with Crippen LogP contribution in [0.25, 0.3) is 10.8 Å². The van der Waals surface area contributed by atoms with E-state index in [0.717, 1.165) is 34.7 Å². The van der Waals surface area contributed by atoms with Gasteiger partial charge in [-0.15, -0.1) is 0 Å². The highest BCUT2D eigenvalue weighted by Gasteiger charge is 2.38. The molecule has 4 heteroatoms. The number of ketones is 1. The number of carbonyl (C=O) groups excluding carboxylic acids is 1. The normalized spacial score (nSPS) is 16.8. The predicted octanol–water partition coefficient (Wildman–Crippen LogP) is 5.82. The van der Waals surface area contributed by atoms with Crippen molar-refractivity contribution >= 4 is 22.5 Å². The predicted molar refractivity (Wildman–Crippen MR) is 118 cm³/mol. The molecular formula is C26H26O4. The van der Waals surface area contributed by atoms with E-state index in [2.05, 4.69) is 27.7 Å². The summed E-state index contributed by atoms with van der Waals surface area (Å²) >= 11 is 0. The van der Waals surface area contributed by atoms with Gasteiger partial charge >= 0.3 is 5.97 Å². The van der Waals surface area contributed by atoms with Crippen molar-refractivity contribution in [2.24, 2.45) is 0 Å². The molecule has 30 heavy (non-hydrogen) atoms. The zero-order valence-electron chi connectivity index (χ0n) is 17.7. The number of carbonyl (C=O) groups is 2. The quantitative estimate of drug-likeness (QED) is 0.541. The number of aromatic hydroxyl groups is 1. The van der Waals surface area contributed by atoms with Gasteiger partial charge in [0, 0.05) is 5.56 Å². The highest BCUT2D eigenvalue weighted by atomic mass is 16.4. The average Bonchev–Trinajstić information content (AvgIpc) is 2.70. The summed E-state index contributed by atoms with van der Waals surface area (Å²) in [6.07, 6.45) is 2.05. The van der Waals surface area contributed by atoms with Crippen molar-refractivity contribution in [3.8, 4) is 5.75 Å². The molecule has 3 aromatic rings. The summed E-state index contributed by atoms with van der Waals surface area (Å²) in [6.45, 7) is 8.72. The molecule has 1 aliphatic carbocycles. The molecule has 0 radical (unpaired) electrons. The molecule has 4 rings (SSSR count). The van der Waals surface area contributed by atoms with Crippen LogP contribution in [0.4, 0.5) is 0 Å². The van der Waals surface area contributed by atoms with Gasteiger partial charge in [0.2, 0.25) is 0 Å². The topological polar surface area (TPSA) is 74.6 Å². The number of hydrogen-bond donors (Lipinski definition) is 2. The van der Waals surface area contributed by atoms with Crippen LogP contribution < -0.4 is 0 Å². The Labute approximate surface area is 176 Å². The summed E-state index contributed by atoms with van der Waals surface area (Å²) in [7, 11) is 0. The number of fused-ring (bicyclic) bond motifs is 2. The SMILES string of the molecule is CC1(C)CCC(C)(C)c2cc(C(=O)c3ccc4cc(C(=O)O)ccc4c3)c(O)cc21. The molecule has 0 bridgehead atoms. The number of phenolic OH excluding ortho intramolecular Hbond substituents is 1. The molecule has 0 aliphatic heterocycles. The lowest BCUT2D eigenvalue weighted by molar-refractivity contribution is 0.0696. The molecule has 1 aliphatic rings. The molecule has 0 amide bonds. The van der Waals surface area contributed by atoms with Gasteiger partial charge in [-0.05, 0) is 75.9 Å². The maximum atomic E-state index is 13.3. The van der Waals surface area contributed by atoms with Gasteiger partial charge in [0.05, 0.1) is 11.1 Å². The van der Waals surface area contributed by atoms with Crippen molar-refractivity contribution in [2.45, 2.75) is 51.4 Å². The lowest BCUT2D eigenvalue weighted by Crippen LogP contribution is -2.34. The van der Waals surface area contributed by atoms with Gasteiger partial charge in [0.1, 0.15) is 5.75 Å². The van der Waals surface area contributed by atoms with Crippen LogP contribution in [-0.2, 0) is 10.8 Å². The van der Waals surface area contributed by atoms with Gasteiger partial charge in [-0.1, -0.05) is 45.9 Å². The monoisotopic (exact) mass is 402 g/mol. The fraction of sp³-hybridized carbons (Fsp3) is 0.308. The highest BCUT2D eigenvalue weighted by Crippen LogP contribution is 2.47. The van der Waals surface area contributed by atoms with Gasteiger partial charge in [-0.25, -0.2) is 4.79 Å². The first-order valence-corrected chi connectivity index (χ1v) is 10.2. The zero-order chi connectivity index (χ0) is 21.8. The first-order valence-electron chi connectivity index (χ1n) is 10.2. The Hall–Kier alpha value is -3.14. The molecule has 154 valence electrons. The van der Waals surface area contributed by atoms with Gasteiger partial charge in [-0.3, -0.25) is 4.79 Å². The second-order valence-electron chi connectivity index (χ2n) is 9.59. The summed E-state index contributed by atoms with van der Waals surface area (Å²) in [5.74, 6) is -1.22. The Bertz CT molecular complexity index is 1200. The molecule has 2 N–H and O–H groups in total. The molecule has 4 nitrogen and oxygen atoms in total. The molecule has 0 fully saturated rings. The molecule has 0 saturated heterocycles. The van der Waals surface area contributed by atoms with Crippen LogP contribution in [0.1, 0.15) is 77.9 Å². The van der Waals surface area contributed by atoms with Crippen LogP contribution in [0.3, 0.4) is 0 Å². The molecule has 3 aromatic carbocycles. The average molecular weight is 402 g/mol. The molecule has 0 spiro atoms. The van der Waals surface area contributed by atoms with E-state index in [0.29, 0.717) is 11.1 Å². The third kappa shape index (κ3) is 3.26. The van der Waals surface area contributed by atoms with Gasteiger partial charge in [0.15, 0.2) is 5.78 Å². The van der Waals surface area contributed by atoms with E-state index in [1.54, 1.807) is 36.4 Å². The number of hydrogen-bond acceptors (Lipinski definition) is 3. The van der Waals surface area contributed by atoms with Crippen LogP contribution >= 0.6 is 0 Å².